The average molecular weight is 455 g/mol. The Bertz CT molecular complexity index is 1120. The van der Waals surface area contributed by atoms with Crippen molar-refractivity contribution < 1.29 is 19.7 Å². The van der Waals surface area contributed by atoms with Gasteiger partial charge < -0.3 is 10.0 Å². The van der Waals surface area contributed by atoms with Crippen LogP contribution in [0.2, 0.25) is 0 Å². The number of para-hydroxylation sites is 1. The summed E-state index contributed by atoms with van der Waals surface area (Å²) in [6.45, 7) is 6.31. The summed E-state index contributed by atoms with van der Waals surface area (Å²) in [4.78, 5) is 28.1. The highest BCUT2D eigenvalue weighted by Crippen LogP contribution is 2.26. The van der Waals surface area contributed by atoms with Crippen LogP contribution in [0.3, 0.4) is 0 Å². The molecule has 9 nitrogen and oxygen atoms in total. The smallest absolute Gasteiger partial charge is 0.352 e. The van der Waals surface area contributed by atoms with Crippen LogP contribution in [0.1, 0.15) is 19.4 Å². The van der Waals surface area contributed by atoms with E-state index >= 15 is 0 Å². The zero-order valence-electron chi connectivity index (χ0n) is 17.7. The van der Waals surface area contributed by atoms with E-state index in [1.807, 2.05) is 17.5 Å². The molecule has 0 bridgehead atoms. The largest absolute Gasteiger partial charge is 0.477 e. The number of hydrazone groups is 1. The van der Waals surface area contributed by atoms with Crippen molar-refractivity contribution in [2.45, 2.75) is 20.3 Å². The molecule has 3 aromatic rings. The number of rotatable bonds is 10. The number of thiazole rings is 1. The van der Waals surface area contributed by atoms with Gasteiger partial charge in [-0.1, -0.05) is 18.2 Å². The molecule has 1 heterocycles. The number of carbonyl (C=O) groups is 1. The van der Waals surface area contributed by atoms with Gasteiger partial charge in [0.1, 0.15) is 11.4 Å². The number of anilines is 1. The molecule has 3 rings (SSSR count). The molecule has 0 atom stereocenters. The number of hydrogen-bond acceptors (Lipinski definition) is 7. The minimum atomic E-state index is -1.26. The number of nitrogens with one attached hydrogen (secondary N) is 2. The molecule has 0 amide bonds. The average Bonchev–Trinajstić information content (AvgIpc) is 3.27. The maximum atomic E-state index is 11.6. The molecule has 1 aromatic heterocycles. The Kier molecular flexibility index (Phi) is 7.63. The van der Waals surface area contributed by atoms with Crippen LogP contribution in [0.4, 0.5) is 16.5 Å². The van der Waals surface area contributed by atoms with Crippen LogP contribution >= 0.6 is 11.3 Å². The highest BCUT2D eigenvalue weighted by atomic mass is 32.1. The first-order valence-electron chi connectivity index (χ1n) is 10.1. The van der Waals surface area contributed by atoms with Gasteiger partial charge in [-0.3, -0.25) is 15.5 Å². The van der Waals surface area contributed by atoms with Crippen LogP contribution in [-0.2, 0) is 11.2 Å². The number of carboxylic acids is 1. The predicted molar refractivity (Wildman–Crippen MR) is 125 cm³/mol. The third kappa shape index (κ3) is 5.54. The Morgan fingerprint density at radius 1 is 1.19 bits per heavy atom. The fourth-order valence-electron chi connectivity index (χ4n) is 3.29. The lowest BCUT2D eigenvalue weighted by Gasteiger charge is -2.14. The van der Waals surface area contributed by atoms with E-state index in [1.165, 1.54) is 40.1 Å². The second-order valence-corrected chi connectivity index (χ2v) is 7.82. The predicted octanol–water partition coefficient (Wildman–Crippen LogP) is 3.37. The summed E-state index contributed by atoms with van der Waals surface area (Å²) >= 11 is 1.30. The van der Waals surface area contributed by atoms with Gasteiger partial charge in [0.15, 0.2) is 0 Å². The summed E-state index contributed by atoms with van der Waals surface area (Å²) < 4.78 is 0. The molecule has 0 radical (unpaired) electrons. The molecule has 0 aliphatic carbocycles. The van der Waals surface area contributed by atoms with E-state index in [9.17, 15) is 20.0 Å². The highest BCUT2D eigenvalue weighted by molar-refractivity contribution is 7.14. The first kappa shape index (κ1) is 23.0. The topological polar surface area (TPSA) is 122 Å². The molecule has 2 aromatic carbocycles. The minimum absolute atomic E-state index is 0.145. The number of nitro benzene ring substituents is 1. The van der Waals surface area contributed by atoms with Gasteiger partial charge in [-0.05, 0) is 38.1 Å². The monoisotopic (exact) mass is 454 g/mol. The van der Waals surface area contributed by atoms with Crippen molar-refractivity contribution in [2.24, 2.45) is 5.10 Å². The van der Waals surface area contributed by atoms with Crippen molar-refractivity contribution in [3.8, 4) is 11.3 Å². The summed E-state index contributed by atoms with van der Waals surface area (Å²) in [5, 5.41) is 26.9. The van der Waals surface area contributed by atoms with Gasteiger partial charge >= 0.3 is 5.97 Å². The number of quaternary nitrogens is 1. The summed E-state index contributed by atoms with van der Waals surface area (Å²) in [6, 6.07) is 14.2. The lowest BCUT2D eigenvalue weighted by molar-refractivity contribution is -0.828. The van der Waals surface area contributed by atoms with Crippen molar-refractivity contribution in [2.75, 3.05) is 18.5 Å². The van der Waals surface area contributed by atoms with Crippen molar-refractivity contribution in [1.82, 2.24) is 4.98 Å². The van der Waals surface area contributed by atoms with Crippen molar-refractivity contribution >= 4 is 39.5 Å². The van der Waals surface area contributed by atoms with Crippen LogP contribution in [0.15, 0.2) is 59.0 Å². The Morgan fingerprint density at radius 2 is 1.88 bits per heavy atom. The molecule has 0 saturated carbocycles. The van der Waals surface area contributed by atoms with Gasteiger partial charge in [-0.2, -0.15) is 5.10 Å². The van der Waals surface area contributed by atoms with Gasteiger partial charge in [0, 0.05) is 29.0 Å². The maximum absolute atomic E-state index is 11.6. The number of benzene rings is 2. The third-order valence-electron chi connectivity index (χ3n) is 5.03. The second kappa shape index (κ2) is 10.6. The van der Waals surface area contributed by atoms with Crippen LogP contribution in [0.25, 0.3) is 11.3 Å². The molecule has 3 N–H and O–H groups in total. The molecule has 0 saturated heterocycles. The standard InChI is InChI=1S/C22H23N5O4S/c1-3-26(4-2)17-11-9-15(10-12-17)19-14-32-22(23-19)25-24-18(21(28)29)13-16-7-5-6-8-20(16)27(30)31/h5-12,14H,3-4,13H2,1-2H3,(H,23,25)(H,28,29)/p+1/b24-18+. The van der Waals surface area contributed by atoms with Crippen LogP contribution in [0.5, 0.6) is 0 Å². The Balaban J connectivity index is 1.75. The SMILES string of the molecule is CC[NH+](CC)c1ccc(-c2csc(N/N=C(\Cc3ccccc3[N+](=O)[O-])C(=O)O)n2)cc1. The Morgan fingerprint density at radius 3 is 2.50 bits per heavy atom. The van der Waals surface area contributed by atoms with Gasteiger partial charge in [-0.25, -0.2) is 9.78 Å². The van der Waals surface area contributed by atoms with Gasteiger partial charge in [0.05, 0.1) is 23.7 Å². The molecule has 0 spiro atoms. The lowest BCUT2D eigenvalue weighted by atomic mass is 10.1. The number of nitro groups is 1. The van der Waals surface area contributed by atoms with Gasteiger partial charge in [-0.15, -0.1) is 11.3 Å². The zero-order chi connectivity index (χ0) is 23.1. The molecule has 0 fully saturated rings. The summed E-state index contributed by atoms with van der Waals surface area (Å²) in [5.41, 5.74) is 5.48. The Labute approximate surface area is 189 Å². The van der Waals surface area contributed by atoms with E-state index in [4.69, 9.17) is 0 Å². The fraction of sp³-hybridized carbons (Fsp3) is 0.227. The van der Waals surface area contributed by atoms with E-state index in [1.54, 1.807) is 6.07 Å². The molecule has 0 unspecified atom stereocenters. The molecule has 0 aliphatic rings. The minimum Gasteiger partial charge on any atom is -0.477 e. The highest BCUT2D eigenvalue weighted by Gasteiger charge is 2.19. The zero-order valence-corrected chi connectivity index (χ0v) is 18.6. The lowest BCUT2D eigenvalue weighted by Crippen LogP contribution is -3.06. The van der Waals surface area contributed by atoms with E-state index in [-0.39, 0.29) is 23.4 Å². The Hall–Kier alpha value is -3.63. The van der Waals surface area contributed by atoms with Crippen molar-refractivity contribution in [3.63, 3.8) is 0 Å². The maximum Gasteiger partial charge on any atom is 0.352 e. The van der Waals surface area contributed by atoms with E-state index < -0.39 is 10.9 Å². The number of aliphatic carboxylic acids is 1. The molecule has 166 valence electrons. The normalized spacial score (nSPS) is 11.5. The molecule has 0 aliphatic heterocycles. The van der Waals surface area contributed by atoms with Crippen molar-refractivity contribution in [3.05, 3.63) is 69.6 Å². The van der Waals surface area contributed by atoms with Crippen LogP contribution in [-0.4, -0.2) is 39.8 Å². The van der Waals surface area contributed by atoms with Gasteiger partial charge in [0.2, 0.25) is 5.13 Å². The number of hydrogen-bond donors (Lipinski definition) is 3. The van der Waals surface area contributed by atoms with Crippen molar-refractivity contribution in [1.29, 1.82) is 0 Å². The molecule has 10 heteroatoms. The van der Waals surface area contributed by atoms with Gasteiger partial charge in [0.25, 0.3) is 5.69 Å². The first-order valence-corrected chi connectivity index (χ1v) is 11.0. The van der Waals surface area contributed by atoms with E-state index in [2.05, 4.69) is 41.5 Å². The molecular formula is C22H24N5O4S+. The summed E-state index contributed by atoms with van der Waals surface area (Å²) in [5.74, 6) is -1.26. The summed E-state index contributed by atoms with van der Waals surface area (Å²) in [7, 11) is 0. The number of aromatic nitrogens is 1. The van der Waals surface area contributed by atoms with E-state index in [0.29, 0.717) is 5.13 Å². The number of carboxylic acid groups (broad SMARTS) is 1. The molecule has 32 heavy (non-hydrogen) atoms. The fourth-order valence-corrected chi connectivity index (χ4v) is 3.95. The summed E-state index contributed by atoms with van der Waals surface area (Å²) in [6.07, 6.45) is -0.188. The first-order chi connectivity index (χ1) is 15.4. The quantitative estimate of drug-likeness (QED) is 0.245. The van der Waals surface area contributed by atoms with E-state index in [0.717, 1.165) is 24.3 Å². The molecular weight excluding hydrogens is 430 g/mol. The second-order valence-electron chi connectivity index (χ2n) is 6.96. The third-order valence-corrected chi connectivity index (χ3v) is 5.77. The van der Waals surface area contributed by atoms with Crippen LogP contribution < -0.4 is 10.3 Å². The number of nitrogens with zero attached hydrogens (tertiary/aromatic N) is 3. The van der Waals surface area contributed by atoms with Crippen LogP contribution in [0, 0.1) is 10.1 Å².